The van der Waals surface area contributed by atoms with E-state index in [0.717, 1.165) is 0 Å². The number of hydrogen-bond acceptors (Lipinski definition) is 4. The molecule has 3 amide bonds. The minimum Gasteiger partial charge on any atom is -0.325 e. The number of thiophene rings is 1. The Morgan fingerprint density at radius 3 is 2.39 bits per heavy atom. The molecule has 2 rings (SSSR count). The van der Waals surface area contributed by atoms with Crippen molar-refractivity contribution < 1.29 is 14.4 Å². The average molecular weight is 352 g/mol. The molecule has 0 spiro atoms. The molecule has 0 fully saturated rings. The summed E-state index contributed by atoms with van der Waals surface area (Å²) < 4.78 is 0. The molecule has 0 bridgehead atoms. The standard InChI is InChI=1S/C15H14ClN3O3S/c16-10-4-1-2-5-11(10)17-13(20)7-8-14(21)18-19-15(22)12-6-3-9-23-12/h1-6,9H,7-8H2,(H,17,20)(H,18,21)(H,19,22). The highest BCUT2D eigenvalue weighted by Gasteiger charge is 2.11. The van der Waals surface area contributed by atoms with Gasteiger partial charge in [0.15, 0.2) is 0 Å². The van der Waals surface area contributed by atoms with Gasteiger partial charge in [0, 0.05) is 12.8 Å². The van der Waals surface area contributed by atoms with E-state index in [0.29, 0.717) is 15.6 Å². The van der Waals surface area contributed by atoms with Gasteiger partial charge < -0.3 is 5.32 Å². The van der Waals surface area contributed by atoms with Crippen LogP contribution in [0.25, 0.3) is 0 Å². The smallest absolute Gasteiger partial charge is 0.279 e. The van der Waals surface area contributed by atoms with E-state index in [4.69, 9.17) is 11.6 Å². The maximum atomic E-state index is 11.8. The van der Waals surface area contributed by atoms with E-state index in [-0.39, 0.29) is 18.7 Å². The van der Waals surface area contributed by atoms with Crippen molar-refractivity contribution >= 4 is 46.3 Å². The number of halogens is 1. The zero-order valence-electron chi connectivity index (χ0n) is 12.0. The first kappa shape index (κ1) is 17.0. The molecule has 23 heavy (non-hydrogen) atoms. The van der Waals surface area contributed by atoms with Crippen LogP contribution in [-0.2, 0) is 9.59 Å². The summed E-state index contributed by atoms with van der Waals surface area (Å²) in [5.74, 6) is -1.18. The number of anilines is 1. The summed E-state index contributed by atoms with van der Waals surface area (Å²) in [5, 5.41) is 4.80. The van der Waals surface area contributed by atoms with E-state index in [1.807, 2.05) is 0 Å². The molecule has 1 heterocycles. The Hall–Kier alpha value is -2.38. The highest BCUT2D eigenvalue weighted by Crippen LogP contribution is 2.20. The van der Waals surface area contributed by atoms with E-state index in [2.05, 4.69) is 16.2 Å². The number of hydrogen-bond donors (Lipinski definition) is 3. The fraction of sp³-hybridized carbons (Fsp3) is 0.133. The minimum absolute atomic E-state index is 0.0219. The van der Waals surface area contributed by atoms with Gasteiger partial charge in [0.1, 0.15) is 0 Å². The lowest BCUT2D eigenvalue weighted by Gasteiger charge is -2.08. The van der Waals surface area contributed by atoms with Gasteiger partial charge in [-0.3, -0.25) is 25.2 Å². The molecule has 0 atom stereocenters. The van der Waals surface area contributed by atoms with Crippen LogP contribution < -0.4 is 16.2 Å². The number of carbonyl (C=O) groups excluding carboxylic acids is 3. The van der Waals surface area contributed by atoms with Crippen LogP contribution in [0.5, 0.6) is 0 Å². The molecule has 120 valence electrons. The van der Waals surface area contributed by atoms with Gasteiger partial charge in [-0.25, -0.2) is 0 Å². The summed E-state index contributed by atoms with van der Waals surface area (Å²) in [7, 11) is 0. The number of nitrogens with one attached hydrogen (secondary N) is 3. The van der Waals surface area contributed by atoms with Crippen LogP contribution in [0.2, 0.25) is 5.02 Å². The Bertz CT molecular complexity index is 704. The molecule has 0 aliphatic rings. The van der Waals surface area contributed by atoms with Crippen molar-refractivity contribution in [2.45, 2.75) is 12.8 Å². The molecule has 0 aliphatic carbocycles. The zero-order chi connectivity index (χ0) is 16.7. The second kappa shape index (κ2) is 8.30. The second-order valence-electron chi connectivity index (χ2n) is 4.51. The number of amides is 3. The topological polar surface area (TPSA) is 87.3 Å². The molecule has 0 radical (unpaired) electrons. The molecule has 2 aromatic rings. The lowest BCUT2D eigenvalue weighted by atomic mass is 10.2. The van der Waals surface area contributed by atoms with Crippen LogP contribution in [0.3, 0.4) is 0 Å². The van der Waals surface area contributed by atoms with Crippen LogP contribution in [0, 0.1) is 0 Å². The molecule has 0 saturated heterocycles. The van der Waals surface area contributed by atoms with Crippen molar-refractivity contribution in [3.63, 3.8) is 0 Å². The quantitative estimate of drug-likeness (QED) is 0.723. The van der Waals surface area contributed by atoms with Crippen LogP contribution in [0.4, 0.5) is 5.69 Å². The number of carbonyl (C=O) groups is 3. The largest absolute Gasteiger partial charge is 0.325 e. The highest BCUT2D eigenvalue weighted by molar-refractivity contribution is 7.12. The first-order valence-electron chi connectivity index (χ1n) is 6.73. The molecule has 1 aromatic carbocycles. The molecule has 8 heteroatoms. The zero-order valence-corrected chi connectivity index (χ0v) is 13.5. The third-order valence-electron chi connectivity index (χ3n) is 2.79. The maximum absolute atomic E-state index is 11.8. The van der Waals surface area contributed by atoms with Gasteiger partial charge in [-0.1, -0.05) is 29.8 Å². The molecular weight excluding hydrogens is 338 g/mol. The minimum atomic E-state index is -0.454. The number of para-hydroxylation sites is 1. The van der Waals surface area contributed by atoms with E-state index >= 15 is 0 Å². The monoisotopic (exact) mass is 351 g/mol. The maximum Gasteiger partial charge on any atom is 0.279 e. The predicted octanol–water partition coefficient (Wildman–Crippen LogP) is 2.58. The fourth-order valence-electron chi connectivity index (χ4n) is 1.66. The van der Waals surface area contributed by atoms with Crippen LogP contribution in [0.1, 0.15) is 22.5 Å². The Morgan fingerprint density at radius 2 is 1.70 bits per heavy atom. The van der Waals surface area contributed by atoms with Crippen molar-refractivity contribution in [3.05, 3.63) is 51.7 Å². The predicted molar refractivity (Wildman–Crippen MR) is 89.2 cm³/mol. The summed E-state index contributed by atoms with van der Waals surface area (Å²) in [6, 6.07) is 10.2. The number of rotatable bonds is 5. The van der Waals surface area contributed by atoms with E-state index in [1.165, 1.54) is 11.3 Å². The fourth-order valence-corrected chi connectivity index (χ4v) is 2.46. The van der Waals surface area contributed by atoms with Crippen LogP contribution >= 0.6 is 22.9 Å². The summed E-state index contributed by atoms with van der Waals surface area (Å²) in [6.45, 7) is 0. The number of benzene rings is 1. The number of hydrazine groups is 1. The summed E-state index contributed by atoms with van der Waals surface area (Å²) in [4.78, 5) is 35.5. The van der Waals surface area contributed by atoms with Crippen molar-refractivity contribution in [3.8, 4) is 0 Å². The lowest BCUT2D eigenvalue weighted by molar-refractivity contribution is -0.124. The third-order valence-corrected chi connectivity index (χ3v) is 3.99. The summed E-state index contributed by atoms with van der Waals surface area (Å²) in [5.41, 5.74) is 5.04. The van der Waals surface area contributed by atoms with Crippen molar-refractivity contribution in [2.75, 3.05) is 5.32 Å². The molecule has 0 aliphatic heterocycles. The van der Waals surface area contributed by atoms with Gasteiger partial charge >= 0.3 is 0 Å². The molecule has 0 saturated carbocycles. The Balaban J connectivity index is 1.71. The molecule has 0 unspecified atom stereocenters. The van der Waals surface area contributed by atoms with Gasteiger partial charge in [-0.15, -0.1) is 11.3 Å². The van der Waals surface area contributed by atoms with Crippen molar-refractivity contribution in [2.24, 2.45) is 0 Å². The molecule has 6 nitrogen and oxygen atoms in total. The first-order valence-corrected chi connectivity index (χ1v) is 7.99. The highest BCUT2D eigenvalue weighted by atomic mass is 35.5. The van der Waals surface area contributed by atoms with E-state index < -0.39 is 11.8 Å². The first-order chi connectivity index (χ1) is 11.1. The normalized spacial score (nSPS) is 9.96. The molecule has 1 aromatic heterocycles. The van der Waals surface area contributed by atoms with Crippen molar-refractivity contribution in [1.82, 2.24) is 10.9 Å². The lowest BCUT2D eigenvalue weighted by Crippen LogP contribution is -2.41. The average Bonchev–Trinajstić information content (AvgIpc) is 3.07. The third kappa shape index (κ3) is 5.39. The van der Waals surface area contributed by atoms with Gasteiger partial charge in [0.2, 0.25) is 11.8 Å². The van der Waals surface area contributed by atoms with Crippen LogP contribution in [-0.4, -0.2) is 17.7 Å². The van der Waals surface area contributed by atoms with Crippen molar-refractivity contribution in [1.29, 1.82) is 0 Å². The Labute approximate surface area is 141 Å². The Kier molecular flexibility index (Phi) is 6.13. The Morgan fingerprint density at radius 1 is 0.957 bits per heavy atom. The van der Waals surface area contributed by atoms with E-state index in [9.17, 15) is 14.4 Å². The van der Waals surface area contributed by atoms with Gasteiger partial charge in [0.25, 0.3) is 5.91 Å². The van der Waals surface area contributed by atoms with Gasteiger partial charge in [0.05, 0.1) is 15.6 Å². The van der Waals surface area contributed by atoms with E-state index in [1.54, 1.807) is 41.8 Å². The van der Waals surface area contributed by atoms with Gasteiger partial charge in [-0.2, -0.15) is 0 Å². The van der Waals surface area contributed by atoms with Gasteiger partial charge in [-0.05, 0) is 23.6 Å². The molecular formula is C15H14ClN3O3S. The summed E-state index contributed by atoms with van der Waals surface area (Å²) >= 11 is 7.19. The second-order valence-corrected chi connectivity index (χ2v) is 5.86. The molecule has 3 N–H and O–H groups in total. The van der Waals surface area contributed by atoms with Crippen LogP contribution in [0.15, 0.2) is 41.8 Å². The SMILES string of the molecule is O=C(CCC(=O)Nc1ccccc1Cl)NNC(=O)c1cccs1. The summed E-state index contributed by atoms with van der Waals surface area (Å²) in [6.07, 6.45) is -0.0765.